The molecule has 11 heteroatoms. The molecule has 1 fully saturated rings. The van der Waals surface area contributed by atoms with E-state index < -0.39 is 6.36 Å². The quantitative estimate of drug-likeness (QED) is 0.151. The molecule has 0 unspecified atom stereocenters. The number of rotatable bonds is 6. The molecule has 0 atom stereocenters. The summed E-state index contributed by atoms with van der Waals surface area (Å²) in [4.78, 5) is 18.9. The number of amides is 1. The second kappa shape index (κ2) is 11.0. The van der Waals surface area contributed by atoms with E-state index in [1.165, 1.54) is 23.9 Å². The highest BCUT2D eigenvalue weighted by Crippen LogP contribution is 2.33. The normalized spacial score (nSPS) is 15.2. The average molecular weight is 588 g/mol. The van der Waals surface area contributed by atoms with Crippen LogP contribution in [0.25, 0.3) is 27.7 Å². The van der Waals surface area contributed by atoms with Gasteiger partial charge in [-0.2, -0.15) is 5.10 Å². The summed E-state index contributed by atoms with van der Waals surface area (Å²) in [7, 11) is 0. The van der Waals surface area contributed by atoms with E-state index in [2.05, 4.69) is 33.8 Å². The van der Waals surface area contributed by atoms with Crippen LogP contribution in [-0.2, 0) is 4.79 Å². The second-order valence-corrected chi connectivity index (χ2v) is 10.9. The van der Waals surface area contributed by atoms with Crippen LogP contribution < -0.4 is 9.64 Å². The summed E-state index contributed by atoms with van der Waals surface area (Å²) in [5, 5.41) is 11.1. The summed E-state index contributed by atoms with van der Waals surface area (Å²) in [5.41, 5.74) is 4.24. The van der Waals surface area contributed by atoms with Crippen LogP contribution in [0.1, 0.15) is 30.9 Å². The van der Waals surface area contributed by atoms with Crippen molar-refractivity contribution < 1.29 is 22.7 Å². The number of anilines is 1. The molecule has 1 amide bonds. The molecule has 0 bridgehead atoms. The summed E-state index contributed by atoms with van der Waals surface area (Å²) >= 11 is 1.36. The molecule has 2 aromatic heterocycles. The lowest BCUT2D eigenvalue weighted by atomic mass is 10.0. The Kier molecular flexibility index (Phi) is 7.19. The maximum absolute atomic E-state index is 12.7. The van der Waals surface area contributed by atoms with Gasteiger partial charge in [-0.1, -0.05) is 55.9 Å². The minimum absolute atomic E-state index is 0.0254. The Balaban J connectivity index is 1.25. The molecular formula is C31H24F3N5O2S. The minimum Gasteiger partial charge on any atom is -0.406 e. The molecule has 0 spiro atoms. The van der Waals surface area contributed by atoms with Crippen LogP contribution in [0, 0.1) is 0 Å². The molecule has 0 radical (unpaired) electrons. The van der Waals surface area contributed by atoms with Crippen LogP contribution in [0.3, 0.4) is 0 Å². The number of alkyl halides is 3. The molecule has 5 aromatic rings. The van der Waals surface area contributed by atoms with Crippen LogP contribution in [0.4, 0.5) is 18.9 Å². The number of imidazole rings is 1. The van der Waals surface area contributed by atoms with E-state index in [0.717, 1.165) is 33.1 Å². The van der Waals surface area contributed by atoms with E-state index in [1.807, 2.05) is 59.1 Å². The smallest absolute Gasteiger partial charge is 0.406 e. The Morgan fingerprint density at radius 2 is 1.83 bits per heavy atom. The highest BCUT2D eigenvalue weighted by Gasteiger charge is 2.32. The zero-order chi connectivity index (χ0) is 29.4. The molecule has 0 aliphatic carbocycles. The van der Waals surface area contributed by atoms with Crippen molar-refractivity contribution in [3.63, 3.8) is 0 Å². The molecule has 212 valence electrons. The van der Waals surface area contributed by atoms with Crippen molar-refractivity contribution in [3.05, 3.63) is 96.3 Å². The van der Waals surface area contributed by atoms with E-state index >= 15 is 0 Å². The monoisotopic (exact) mass is 587 g/mol. The summed E-state index contributed by atoms with van der Waals surface area (Å²) < 4.78 is 43.4. The summed E-state index contributed by atoms with van der Waals surface area (Å²) in [5.74, 6) is 0.842. The van der Waals surface area contributed by atoms with Crippen LogP contribution in [0.5, 0.6) is 5.75 Å². The fraction of sp³-hybridized carbons (Fsp3) is 0.161. The standard InChI is InChI=1S/C31H24F3N5O2S/c1-19(2)24-5-3-4-6-26(24)39-28(40)18-42-30(39)37-36-16-20-7-12-25-22(15-20)13-14-38-27(25)17-35-29(38)21-8-10-23(11-9-21)41-31(32,33)34/h3-17,19H,18H2,1-2H3/b36-16+,37-30-. The Bertz CT molecular complexity index is 1860. The third-order valence-electron chi connectivity index (χ3n) is 6.81. The number of pyridine rings is 1. The number of benzene rings is 3. The molecule has 1 aliphatic rings. The SMILES string of the molecule is CC(C)c1ccccc1N1C(=O)CS/C1=N\N=C\c1ccc2c(ccn3c(-c4ccc(OC(F)(F)F)cc4)ncc23)c1. The van der Waals surface area contributed by atoms with Gasteiger partial charge in [-0.15, -0.1) is 18.3 Å². The minimum atomic E-state index is -4.74. The molecule has 1 saturated heterocycles. The molecule has 0 N–H and O–H groups in total. The highest BCUT2D eigenvalue weighted by molar-refractivity contribution is 8.15. The van der Waals surface area contributed by atoms with Gasteiger partial charge in [0.15, 0.2) is 5.17 Å². The number of halogens is 3. The number of fused-ring (bicyclic) bond motifs is 3. The molecule has 1 aliphatic heterocycles. The Labute approximate surface area is 243 Å². The average Bonchev–Trinajstić information content (AvgIpc) is 3.56. The molecule has 3 heterocycles. The topological polar surface area (TPSA) is 71.6 Å². The number of carbonyl (C=O) groups excluding carboxylic acids is 1. The second-order valence-electron chi connectivity index (χ2n) is 9.93. The number of thioether (sulfide) groups is 1. The lowest BCUT2D eigenvalue weighted by Gasteiger charge is -2.20. The van der Waals surface area contributed by atoms with Crippen molar-refractivity contribution >= 4 is 51.0 Å². The maximum Gasteiger partial charge on any atom is 0.573 e. The van der Waals surface area contributed by atoms with Crippen LogP contribution in [0.15, 0.2) is 95.4 Å². The van der Waals surface area contributed by atoms with Crippen molar-refractivity contribution in [2.45, 2.75) is 26.1 Å². The van der Waals surface area contributed by atoms with Crippen molar-refractivity contribution in [1.29, 1.82) is 0 Å². The maximum atomic E-state index is 12.7. The first-order valence-corrected chi connectivity index (χ1v) is 14.1. The van der Waals surface area contributed by atoms with Crippen molar-refractivity contribution in [2.75, 3.05) is 10.7 Å². The van der Waals surface area contributed by atoms with Gasteiger partial charge >= 0.3 is 6.36 Å². The lowest BCUT2D eigenvalue weighted by molar-refractivity contribution is -0.274. The summed E-state index contributed by atoms with van der Waals surface area (Å²) in [6, 6.07) is 21.2. The predicted molar refractivity (Wildman–Crippen MR) is 160 cm³/mol. The van der Waals surface area contributed by atoms with E-state index in [1.54, 1.807) is 29.4 Å². The number of ether oxygens (including phenoxy) is 1. The first-order chi connectivity index (χ1) is 20.2. The Morgan fingerprint density at radius 1 is 1.05 bits per heavy atom. The number of hydrogen-bond acceptors (Lipinski definition) is 6. The van der Waals surface area contributed by atoms with Crippen LogP contribution in [0.2, 0.25) is 0 Å². The van der Waals surface area contributed by atoms with Crippen molar-refractivity contribution in [1.82, 2.24) is 9.38 Å². The van der Waals surface area contributed by atoms with Crippen molar-refractivity contribution in [2.24, 2.45) is 10.2 Å². The first kappa shape index (κ1) is 27.5. The fourth-order valence-corrected chi connectivity index (χ4v) is 5.73. The van der Waals surface area contributed by atoms with E-state index in [0.29, 0.717) is 22.3 Å². The molecule has 0 saturated carbocycles. The van der Waals surface area contributed by atoms with Gasteiger partial charge in [-0.3, -0.25) is 14.1 Å². The van der Waals surface area contributed by atoms with Crippen LogP contribution >= 0.6 is 11.8 Å². The number of aromatic nitrogens is 2. The van der Waals surface area contributed by atoms with Gasteiger partial charge < -0.3 is 4.74 Å². The van der Waals surface area contributed by atoms with Crippen molar-refractivity contribution in [3.8, 4) is 17.1 Å². The Morgan fingerprint density at radius 3 is 2.60 bits per heavy atom. The van der Waals surface area contributed by atoms with Crippen LogP contribution in [-0.4, -0.2) is 38.8 Å². The number of nitrogens with zero attached hydrogens (tertiary/aromatic N) is 5. The third-order valence-corrected chi connectivity index (χ3v) is 7.73. The van der Waals surface area contributed by atoms with Gasteiger partial charge in [0.05, 0.1) is 29.4 Å². The fourth-order valence-electron chi connectivity index (χ4n) is 4.92. The van der Waals surface area contributed by atoms with E-state index in [4.69, 9.17) is 0 Å². The van der Waals surface area contributed by atoms with Gasteiger partial charge in [-0.25, -0.2) is 4.98 Å². The number of para-hydroxylation sites is 1. The predicted octanol–water partition coefficient (Wildman–Crippen LogP) is 7.65. The largest absolute Gasteiger partial charge is 0.573 e. The molecular weight excluding hydrogens is 563 g/mol. The molecule has 7 nitrogen and oxygen atoms in total. The van der Waals surface area contributed by atoms with Gasteiger partial charge in [-0.05, 0) is 64.9 Å². The molecule has 6 rings (SSSR count). The molecule has 42 heavy (non-hydrogen) atoms. The van der Waals surface area contributed by atoms with E-state index in [-0.39, 0.29) is 17.6 Å². The third kappa shape index (κ3) is 5.47. The summed E-state index contributed by atoms with van der Waals surface area (Å²) in [6.07, 6.45) is 0.506. The number of amidine groups is 1. The first-order valence-electron chi connectivity index (χ1n) is 13.1. The van der Waals surface area contributed by atoms with Gasteiger partial charge in [0, 0.05) is 17.1 Å². The highest BCUT2D eigenvalue weighted by atomic mass is 32.2. The van der Waals surface area contributed by atoms with Gasteiger partial charge in [0.2, 0.25) is 5.91 Å². The van der Waals surface area contributed by atoms with E-state index in [9.17, 15) is 18.0 Å². The zero-order valence-electron chi connectivity index (χ0n) is 22.5. The summed E-state index contributed by atoms with van der Waals surface area (Å²) in [6.45, 7) is 4.18. The zero-order valence-corrected chi connectivity index (χ0v) is 23.4. The number of hydrogen-bond donors (Lipinski definition) is 0. The number of carbonyl (C=O) groups is 1. The Hall–Kier alpha value is -4.64. The lowest BCUT2D eigenvalue weighted by Crippen LogP contribution is -2.30. The van der Waals surface area contributed by atoms with Gasteiger partial charge in [0.25, 0.3) is 0 Å². The molecule has 3 aromatic carbocycles. The van der Waals surface area contributed by atoms with Gasteiger partial charge in [0.1, 0.15) is 11.6 Å².